The molecule has 2 rings (SSSR count). The van der Waals surface area contributed by atoms with Gasteiger partial charge in [0.05, 0.1) is 12.7 Å². The molecule has 1 aromatic heterocycles. The summed E-state index contributed by atoms with van der Waals surface area (Å²) in [6.07, 6.45) is 0. The number of aryl methyl sites for hydroxylation is 1. The molecule has 20 heavy (non-hydrogen) atoms. The number of ether oxygens (including phenoxy) is 1. The fourth-order valence-corrected chi connectivity index (χ4v) is 2.65. The van der Waals surface area contributed by atoms with E-state index in [9.17, 15) is 0 Å². The van der Waals surface area contributed by atoms with E-state index >= 15 is 0 Å². The first kappa shape index (κ1) is 14.2. The number of hydrogen-bond donors (Lipinski definition) is 2. The van der Waals surface area contributed by atoms with Crippen molar-refractivity contribution in [3.8, 4) is 5.75 Å². The van der Waals surface area contributed by atoms with E-state index in [1.807, 2.05) is 37.3 Å². The van der Waals surface area contributed by atoms with Gasteiger partial charge < -0.3 is 15.7 Å². The lowest BCUT2D eigenvalue weighted by Gasteiger charge is -2.09. The van der Waals surface area contributed by atoms with Gasteiger partial charge in [-0.15, -0.1) is 0 Å². The van der Waals surface area contributed by atoms with Gasteiger partial charge in [0, 0.05) is 10.6 Å². The van der Waals surface area contributed by atoms with Crippen molar-refractivity contribution in [3.63, 3.8) is 0 Å². The molecule has 6 heteroatoms. The predicted octanol–water partition coefficient (Wildman–Crippen LogP) is 2.64. The van der Waals surface area contributed by atoms with Gasteiger partial charge in [-0.1, -0.05) is 23.0 Å². The van der Waals surface area contributed by atoms with Crippen molar-refractivity contribution in [2.75, 3.05) is 7.11 Å². The van der Waals surface area contributed by atoms with Crippen molar-refractivity contribution in [2.45, 2.75) is 16.8 Å². The summed E-state index contributed by atoms with van der Waals surface area (Å²) < 4.78 is 5.19. The summed E-state index contributed by atoms with van der Waals surface area (Å²) in [6.45, 7) is 1.89. The van der Waals surface area contributed by atoms with Crippen LogP contribution in [-0.2, 0) is 0 Å². The molecule has 0 unspecified atom stereocenters. The summed E-state index contributed by atoms with van der Waals surface area (Å²) in [7, 11) is 1.62. The lowest BCUT2D eigenvalue weighted by molar-refractivity contribution is 0.318. The van der Waals surface area contributed by atoms with Gasteiger partial charge in [-0.25, -0.2) is 4.98 Å². The summed E-state index contributed by atoms with van der Waals surface area (Å²) in [4.78, 5) is 5.41. The maximum Gasteiger partial charge on any atom is 0.172 e. The molecule has 3 N–H and O–H groups in total. The van der Waals surface area contributed by atoms with Gasteiger partial charge in [-0.3, -0.25) is 0 Å². The second kappa shape index (κ2) is 6.29. The lowest BCUT2D eigenvalue weighted by Crippen LogP contribution is -2.15. The first-order valence-electron chi connectivity index (χ1n) is 5.91. The quantitative estimate of drug-likeness (QED) is 0.391. The average molecular weight is 289 g/mol. The van der Waals surface area contributed by atoms with E-state index in [1.54, 1.807) is 13.2 Å². The highest BCUT2D eigenvalue weighted by atomic mass is 32.2. The lowest BCUT2D eigenvalue weighted by atomic mass is 10.2. The number of aromatic nitrogens is 1. The normalized spacial score (nSPS) is 11.4. The van der Waals surface area contributed by atoms with Crippen molar-refractivity contribution >= 4 is 17.6 Å². The van der Waals surface area contributed by atoms with Crippen LogP contribution in [0.15, 0.2) is 51.5 Å². The predicted molar refractivity (Wildman–Crippen MR) is 78.6 cm³/mol. The van der Waals surface area contributed by atoms with Crippen LogP contribution in [0.1, 0.15) is 11.3 Å². The van der Waals surface area contributed by atoms with Gasteiger partial charge in [0.2, 0.25) is 0 Å². The third kappa shape index (κ3) is 3.21. The number of rotatable bonds is 4. The molecule has 0 fully saturated rings. The van der Waals surface area contributed by atoms with Crippen molar-refractivity contribution in [2.24, 2.45) is 10.9 Å². The summed E-state index contributed by atoms with van der Waals surface area (Å²) in [6, 6.07) is 11.2. The molecule has 0 atom stereocenters. The summed E-state index contributed by atoms with van der Waals surface area (Å²) in [5, 5.41) is 12.6. The van der Waals surface area contributed by atoms with Crippen LogP contribution in [0.25, 0.3) is 0 Å². The molecule has 0 radical (unpaired) electrons. The van der Waals surface area contributed by atoms with Gasteiger partial charge in [0.1, 0.15) is 10.8 Å². The zero-order valence-corrected chi connectivity index (χ0v) is 12.0. The van der Waals surface area contributed by atoms with Gasteiger partial charge in [-0.05, 0) is 37.3 Å². The van der Waals surface area contributed by atoms with Gasteiger partial charge in [-0.2, -0.15) is 0 Å². The van der Waals surface area contributed by atoms with Crippen LogP contribution in [0.2, 0.25) is 0 Å². The Morgan fingerprint density at radius 2 is 2.15 bits per heavy atom. The SMILES string of the molecule is COc1cccc(Sc2nc(C)ccc2C(N)=NO)c1. The Bertz CT molecular complexity index is 644. The Balaban J connectivity index is 2.39. The average Bonchev–Trinajstić information content (AvgIpc) is 2.47. The molecule has 0 aliphatic carbocycles. The molecule has 0 aliphatic heterocycles. The minimum atomic E-state index is 0.0443. The van der Waals surface area contributed by atoms with E-state index in [0.29, 0.717) is 10.6 Å². The van der Waals surface area contributed by atoms with E-state index < -0.39 is 0 Å². The number of nitrogens with two attached hydrogens (primary N) is 1. The second-order valence-electron chi connectivity index (χ2n) is 4.07. The third-order valence-corrected chi connectivity index (χ3v) is 3.63. The Morgan fingerprint density at radius 1 is 1.35 bits per heavy atom. The maximum atomic E-state index is 8.84. The minimum Gasteiger partial charge on any atom is -0.497 e. The van der Waals surface area contributed by atoms with Crippen LogP contribution >= 0.6 is 11.8 Å². The van der Waals surface area contributed by atoms with Crippen LogP contribution < -0.4 is 10.5 Å². The summed E-state index contributed by atoms with van der Waals surface area (Å²) >= 11 is 1.44. The molecule has 0 amide bonds. The van der Waals surface area contributed by atoms with E-state index in [0.717, 1.165) is 16.3 Å². The summed E-state index contributed by atoms with van der Waals surface area (Å²) in [5.41, 5.74) is 7.15. The molecule has 1 heterocycles. The second-order valence-corrected chi connectivity index (χ2v) is 5.13. The first-order chi connectivity index (χ1) is 9.63. The maximum absolute atomic E-state index is 8.84. The molecule has 1 aromatic carbocycles. The highest BCUT2D eigenvalue weighted by Crippen LogP contribution is 2.31. The number of nitrogens with zero attached hydrogens (tertiary/aromatic N) is 2. The number of amidine groups is 1. The fraction of sp³-hybridized carbons (Fsp3) is 0.143. The van der Waals surface area contributed by atoms with Crippen LogP contribution in [0.3, 0.4) is 0 Å². The molecule has 0 aliphatic rings. The van der Waals surface area contributed by atoms with Crippen molar-refractivity contribution in [1.82, 2.24) is 4.98 Å². The Hall–Kier alpha value is -2.21. The Morgan fingerprint density at radius 3 is 2.85 bits per heavy atom. The van der Waals surface area contributed by atoms with Crippen LogP contribution in [0, 0.1) is 6.92 Å². The molecule has 5 nitrogen and oxygen atoms in total. The van der Waals surface area contributed by atoms with Gasteiger partial charge in [0.15, 0.2) is 5.84 Å². The van der Waals surface area contributed by atoms with E-state index in [4.69, 9.17) is 15.7 Å². The zero-order valence-electron chi connectivity index (χ0n) is 11.2. The van der Waals surface area contributed by atoms with Crippen molar-refractivity contribution in [3.05, 3.63) is 47.7 Å². The number of pyridine rings is 1. The van der Waals surface area contributed by atoms with Gasteiger partial charge >= 0.3 is 0 Å². The molecule has 0 bridgehead atoms. The van der Waals surface area contributed by atoms with Crippen molar-refractivity contribution < 1.29 is 9.94 Å². The third-order valence-electron chi connectivity index (χ3n) is 2.64. The zero-order chi connectivity index (χ0) is 14.5. The van der Waals surface area contributed by atoms with E-state index in [2.05, 4.69) is 10.1 Å². The number of benzene rings is 1. The van der Waals surface area contributed by atoms with E-state index in [1.165, 1.54) is 11.8 Å². The Kier molecular flexibility index (Phi) is 4.47. The standard InChI is InChI=1S/C14H15N3O2S/c1-9-6-7-12(13(15)17-18)14(16-9)20-11-5-3-4-10(8-11)19-2/h3-8,18H,1-2H3,(H2,15,17). The van der Waals surface area contributed by atoms with Gasteiger partial charge in [0.25, 0.3) is 0 Å². The molecule has 2 aromatic rings. The van der Waals surface area contributed by atoms with Crippen LogP contribution in [-0.4, -0.2) is 23.1 Å². The molecule has 0 saturated heterocycles. The monoisotopic (exact) mass is 289 g/mol. The molecular formula is C14H15N3O2S. The molecular weight excluding hydrogens is 274 g/mol. The number of hydrogen-bond acceptors (Lipinski definition) is 5. The molecule has 0 spiro atoms. The number of methoxy groups -OCH3 is 1. The largest absolute Gasteiger partial charge is 0.497 e. The van der Waals surface area contributed by atoms with Crippen molar-refractivity contribution in [1.29, 1.82) is 0 Å². The summed E-state index contributed by atoms with van der Waals surface area (Å²) in [5.74, 6) is 0.816. The molecule has 104 valence electrons. The smallest absolute Gasteiger partial charge is 0.172 e. The number of oxime groups is 1. The first-order valence-corrected chi connectivity index (χ1v) is 6.73. The highest BCUT2D eigenvalue weighted by molar-refractivity contribution is 7.99. The highest BCUT2D eigenvalue weighted by Gasteiger charge is 2.11. The Labute approximate surface area is 121 Å². The minimum absolute atomic E-state index is 0.0443. The topological polar surface area (TPSA) is 80.7 Å². The van der Waals surface area contributed by atoms with E-state index in [-0.39, 0.29) is 5.84 Å². The van der Waals surface area contributed by atoms with Crippen LogP contribution in [0.4, 0.5) is 0 Å². The molecule has 0 saturated carbocycles. The fourth-order valence-electron chi connectivity index (χ4n) is 1.64. The van der Waals surface area contributed by atoms with Crippen LogP contribution in [0.5, 0.6) is 5.75 Å².